The van der Waals surface area contributed by atoms with E-state index in [9.17, 15) is 4.79 Å². The van der Waals surface area contributed by atoms with Crippen LogP contribution in [0, 0.1) is 0 Å². The molecular formula is C19H25Br2NO2. The predicted octanol–water partition coefficient (Wildman–Crippen LogP) is 6.25. The van der Waals surface area contributed by atoms with Gasteiger partial charge in [0.1, 0.15) is 5.60 Å². The first-order chi connectivity index (χ1) is 11.3. The number of nitrogens with one attached hydrogen (secondary N) is 1. The number of benzene rings is 1. The number of anilines is 1. The summed E-state index contributed by atoms with van der Waals surface area (Å²) in [7, 11) is 0. The van der Waals surface area contributed by atoms with E-state index in [0.29, 0.717) is 0 Å². The van der Waals surface area contributed by atoms with E-state index in [1.807, 2.05) is 45.1 Å². The molecule has 0 bridgehead atoms. The van der Waals surface area contributed by atoms with Gasteiger partial charge in [0.25, 0.3) is 0 Å². The van der Waals surface area contributed by atoms with Crippen LogP contribution in [0.1, 0.15) is 45.6 Å². The summed E-state index contributed by atoms with van der Waals surface area (Å²) in [6, 6.07) is 8.17. The normalized spacial score (nSPS) is 11.4. The lowest BCUT2D eigenvalue weighted by atomic mass is 10.1. The molecular weight excluding hydrogens is 434 g/mol. The summed E-state index contributed by atoms with van der Waals surface area (Å²) in [4.78, 5) is 11.5. The minimum Gasteiger partial charge on any atom is -0.457 e. The molecule has 0 radical (unpaired) electrons. The van der Waals surface area contributed by atoms with Crippen molar-refractivity contribution in [2.24, 2.45) is 0 Å². The summed E-state index contributed by atoms with van der Waals surface area (Å²) in [6.45, 7) is 6.49. The van der Waals surface area contributed by atoms with Gasteiger partial charge in [-0.3, -0.25) is 0 Å². The number of ether oxygens (including phenoxy) is 1. The Bertz CT molecular complexity index is 585. The Balaban J connectivity index is 2.28. The highest BCUT2D eigenvalue weighted by Crippen LogP contribution is 2.23. The Kier molecular flexibility index (Phi) is 9.37. The van der Waals surface area contributed by atoms with Crippen LogP contribution in [-0.4, -0.2) is 18.1 Å². The Morgan fingerprint density at radius 1 is 1.21 bits per heavy atom. The SMILES string of the molecule is CC(C)(C)OC(=O)/C=C/CCCCNc1ccccc1C=C(Br)Br. The topological polar surface area (TPSA) is 38.3 Å². The van der Waals surface area contributed by atoms with Gasteiger partial charge in [0.05, 0.1) is 3.39 Å². The number of carbonyl (C=O) groups excluding carboxylic acids is 1. The lowest BCUT2D eigenvalue weighted by Gasteiger charge is -2.17. The highest BCUT2D eigenvalue weighted by molar-refractivity contribution is 9.28. The van der Waals surface area contributed by atoms with E-state index >= 15 is 0 Å². The minimum atomic E-state index is -0.433. The fourth-order valence-corrected chi connectivity index (χ4v) is 2.52. The van der Waals surface area contributed by atoms with Crippen LogP contribution < -0.4 is 5.32 Å². The first kappa shape index (κ1) is 21.0. The van der Waals surface area contributed by atoms with Crippen LogP contribution in [0.25, 0.3) is 6.08 Å². The molecule has 0 aliphatic heterocycles. The molecule has 1 N–H and O–H groups in total. The van der Waals surface area contributed by atoms with Gasteiger partial charge in [0.2, 0.25) is 0 Å². The number of unbranched alkanes of at least 4 members (excludes halogenated alkanes) is 2. The van der Waals surface area contributed by atoms with Crippen molar-refractivity contribution in [2.45, 2.75) is 45.6 Å². The Hall–Kier alpha value is -1.07. The van der Waals surface area contributed by atoms with E-state index in [1.54, 1.807) is 0 Å². The number of halogens is 2. The van der Waals surface area contributed by atoms with Gasteiger partial charge in [-0.1, -0.05) is 24.3 Å². The monoisotopic (exact) mass is 457 g/mol. The number of rotatable bonds is 8. The molecule has 0 unspecified atom stereocenters. The van der Waals surface area contributed by atoms with Crippen molar-refractivity contribution in [3.63, 3.8) is 0 Å². The van der Waals surface area contributed by atoms with Crippen LogP contribution >= 0.6 is 31.9 Å². The van der Waals surface area contributed by atoms with Crippen LogP contribution in [0.3, 0.4) is 0 Å². The summed E-state index contributed by atoms with van der Waals surface area (Å²) in [5, 5.41) is 3.45. The molecule has 1 aromatic rings. The van der Waals surface area contributed by atoms with E-state index in [0.717, 1.165) is 40.4 Å². The zero-order valence-electron chi connectivity index (χ0n) is 14.4. The average molecular weight is 459 g/mol. The molecule has 0 heterocycles. The fraction of sp³-hybridized carbons (Fsp3) is 0.421. The maximum absolute atomic E-state index is 11.5. The van der Waals surface area contributed by atoms with Crippen molar-refractivity contribution >= 4 is 49.6 Å². The third kappa shape index (κ3) is 9.93. The van der Waals surface area contributed by atoms with E-state index < -0.39 is 5.60 Å². The number of carbonyl (C=O) groups is 1. The maximum atomic E-state index is 11.5. The Morgan fingerprint density at radius 2 is 1.92 bits per heavy atom. The molecule has 24 heavy (non-hydrogen) atoms. The molecule has 0 aliphatic rings. The zero-order valence-corrected chi connectivity index (χ0v) is 17.6. The molecule has 0 aromatic heterocycles. The summed E-state index contributed by atoms with van der Waals surface area (Å²) >= 11 is 6.78. The van der Waals surface area contributed by atoms with Gasteiger partial charge in [-0.25, -0.2) is 4.79 Å². The predicted molar refractivity (Wildman–Crippen MR) is 110 cm³/mol. The number of allylic oxidation sites excluding steroid dienone is 1. The molecule has 0 aliphatic carbocycles. The second kappa shape index (κ2) is 10.7. The summed E-state index contributed by atoms with van der Waals surface area (Å²) in [6.07, 6.45) is 8.35. The van der Waals surface area contributed by atoms with Crippen molar-refractivity contribution in [1.29, 1.82) is 0 Å². The van der Waals surface area contributed by atoms with Crippen LogP contribution in [0.4, 0.5) is 5.69 Å². The number of esters is 1. The Morgan fingerprint density at radius 3 is 2.58 bits per heavy atom. The molecule has 1 aromatic carbocycles. The Labute approximate surface area is 161 Å². The van der Waals surface area contributed by atoms with E-state index in [4.69, 9.17) is 4.74 Å². The molecule has 0 saturated heterocycles. The second-order valence-electron chi connectivity index (χ2n) is 6.38. The smallest absolute Gasteiger partial charge is 0.330 e. The third-order valence-electron chi connectivity index (χ3n) is 3.00. The molecule has 0 amide bonds. The zero-order chi connectivity index (χ0) is 18.0. The number of para-hydroxylation sites is 1. The van der Waals surface area contributed by atoms with E-state index in [2.05, 4.69) is 49.3 Å². The van der Waals surface area contributed by atoms with Crippen LogP contribution in [0.15, 0.2) is 39.8 Å². The standard InChI is InChI=1S/C19H25Br2NO2/c1-19(2,3)24-18(23)12-6-4-5-9-13-22-16-11-8-7-10-15(16)14-17(20)21/h6-8,10-12,14,22H,4-5,9,13H2,1-3H3/b12-6+. The second-order valence-corrected chi connectivity index (χ2v) is 9.15. The first-order valence-corrected chi connectivity index (χ1v) is 9.61. The van der Waals surface area contributed by atoms with Crippen LogP contribution in [0.5, 0.6) is 0 Å². The van der Waals surface area contributed by atoms with E-state index in [-0.39, 0.29) is 5.97 Å². The quantitative estimate of drug-likeness (QED) is 0.284. The molecule has 3 nitrogen and oxygen atoms in total. The van der Waals surface area contributed by atoms with Gasteiger partial charge in [-0.05, 0) is 89.6 Å². The van der Waals surface area contributed by atoms with Gasteiger partial charge in [-0.2, -0.15) is 0 Å². The summed E-state index contributed by atoms with van der Waals surface area (Å²) < 4.78 is 6.13. The fourth-order valence-electron chi connectivity index (χ4n) is 2.03. The molecule has 0 atom stereocenters. The van der Waals surface area contributed by atoms with Crippen molar-refractivity contribution in [1.82, 2.24) is 0 Å². The van der Waals surface area contributed by atoms with E-state index in [1.165, 1.54) is 6.08 Å². The lowest BCUT2D eigenvalue weighted by molar-refractivity contribution is -0.148. The van der Waals surface area contributed by atoms with Crippen LogP contribution in [0.2, 0.25) is 0 Å². The minimum absolute atomic E-state index is 0.276. The first-order valence-electron chi connectivity index (χ1n) is 8.03. The van der Waals surface area contributed by atoms with Gasteiger partial charge in [0.15, 0.2) is 0 Å². The van der Waals surface area contributed by atoms with Crippen molar-refractivity contribution < 1.29 is 9.53 Å². The lowest BCUT2D eigenvalue weighted by Crippen LogP contribution is -2.22. The van der Waals surface area contributed by atoms with Crippen molar-refractivity contribution in [3.05, 3.63) is 45.4 Å². The molecule has 132 valence electrons. The molecule has 0 saturated carbocycles. The van der Waals surface area contributed by atoms with Gasteiger partial charge in [0, 0.05) is 18.3 Å². The van der Waals surface area contributed by atoms with Gasteiger partial charge >= 0.3 is 5.97 Å². The summed E-state index contributed by atoms with van der Waals surface area (Å²) in [5.74, 6) is -0.276. The van der Waals surface area contributed by atoms with Crippen LogP contribution in [-0.2, 0) is 9.53 Å². The highest BCUT2D eigenvalue weighted by atomic mass is 79.9. The van der Waals surface area contributed by atoms with Crippen molar-refractivity contribution in [3.8, 4) is 0 Å². The molecule has 0 fully saturated rings. The van der Waals surface area contributed by atoms with Crippen molar-refractivity contribution in [2.75, 3.05) is 11.9 Å². The maximum Gasteiger partial charge on any atom is 0.330 e. The molecule has 0 spiro atoms. The average Bonchev–Trinajstić information content (AvgIpc) is 2.45. The third-order valence-corrected chi connectivity index (χ3v) is 3.46. The highest BCUT2D eigenvalue weighted by Gasteiger charge is 2.13. The van der Waals surface area contributed by atoms with Gasteiger partial charge in [-0.15, -0.1) is 0 Å². The molecule has 1 rings (SSSR count). The molecule has 5 heteroatoms. The van der Waals surface area contributed by atoms with Gasteiger partial charge < -0.3 is 10.1 Å². The summed E-state index contributed by atoms with van der Waals surface area (Å²) in [5.41, 5.74) is 1.81. The number of hydrogen-bond acceptors (Lipinski definition) is 3. The largest absolute Gasteiger partial charge is 0.457 e. The number of hydrogen-bond donors (Lipinski definition) is 1.